The molecule has 1 saturated heterocycles. The van der Waals surface area contributed by atoms with Crippen molar-refractivity contribution in [2.45, 2.75) is 70.9 Å². The summed E-state index contributed by atoms with van der Waals surface area (Å²) in [5.74, 6) is 0.603. The number of aryl methyl sites for hydroxylation is 1. The molecule has 5 rings (SSSR count). The third-order valence-electron chi connectivity index (χ3n) is 8.77. The van der Waals surface area contributed by atoms with Crippen LogP contribution >= 0.6 is 0 Å². The molecule has 1 aliphatic carbocycles. The molecule has 41 heavy (non-hydrogen) atoms. The van der Waals surface area contributed by atoms with Crippen LogP contribution in [0.25, 0.3) is 16.5 Å². The van der Waals surface area contributed by atoms with Crippen LogP contribution < -0.4 is 16.0 Å². The minimum Gasteiger partial charge on any atom is -0.404 e. The summed E-state index contributed by atoms with van der Waals surface area (Å²) >= 11 is 0. The van der Waals surface area contributed by atoms with Crippen LogP contribution in [-0.2, 0) is 13.0 Å². The summed E-state index contributed by atoms with van der Waals surface area (Å²) in [5.41, 5.74) is 16.9. The van der Waals surface area contributed by atoms with Gasteiger partial charge < -0.3 is 20.5 Å². The average molecular weight is 551 g/mol. The molecule has 1 aliphatic heterocycles. The number of allylic oxidation sites excluding steroid dienone is 1. The van der Waals surface area contributed by atoms with Gasteiger partial charge in [0.15, 0.2) is 0 Å². The van der Waals surface area contributed by atoms with Gasteiger partial charge in [0.2, 0.25) is 0 Å². The number of fused-ring (bicyclic) bond motifs is 1. The minimum absolute atomic E-state index is 0.562. The van der Waals surface area contributed by atoms with Gasteiger partial charge in [-0.15, -0.1) is 0 Å². The highest BCUT2D eigenvalue weighted by atomic mass is 15.2. The number of hydrogen-bond acceptors (Lipinski definition) is 5. The summed E-state index contributed by atoms with van der Waals surface area (Å²) in [6.45, 7) is 16.2. The van der Waals surface area contributed by atoms with E-state index in [1.54, 1.807) is 13.2 Å². The maximum Gasteiger partial charge on any atom is 0.0864 e. The number of nitrogens with two attached hydrogens (primary N) is 1. The Balaban J connectivity index is 1.65. The van der Waals surface area contributed by atoms with Gasteiger partial charge in [-0.3, -0.25) is 9.98 Å². The van der Waals surface area contributed by atoms with E-state index in [-0.39, 0.29) is 0 Å². The SMILES string of the molecule is C=Nc1cc(C(=C)CC)cc(CC)c1N(CC(C=NC)=CN)Cc1cc2cccc(C3CCNCC3)c2n1C1CC1. The number of rotatable bonds is 12. The van der Waals surface area contributed by atoms with Crippen molar-refractivity contribution in [1.29, 1.82) is 0 Å². The Bertz CT molecular complexity index is 1470. The van der Waals surface area contributed by atoms with Crippen molar-refractivity contribution >= 4 is 40.8 Å². The van der Waals surface area contributed by atoms with Crippen LogP contribution in [-0.4, -0.2) is 44.2 Å². The molecule has 0 amide bonds. The normalized spacial score (nSPS) is 16.5. The fraction of sp³-hybridized carbons (Fsp3) is 0.429. The van der Waals surface area contributed by atoms with Gasteiger partial charge in [-0.1, -0.05) is 38.6 Å². The van der Waals surface area contributed by atoms with Crippen LogP contribution in [0.2, 0.25) is 0 Å². The van der Waals surface area contributed by atoms with E-state index in [9.17, 15) is 0 Å². The molecule has 3 aromatic rings. The van der Waals surface area contributed by atoms with E-state index in [2.05, 4.69) is 88.3 Å². The predicted molar refractivity (Wildman–Crippen MR) is 177 cm³/mol. The molecule has 0 bridgehead atoms. The van der Waals surface area contributed by atoms with Crippen LogP contribution in [0, 0.1) is 0 Å². The first kappa shape index (κ1) is 28.9. The van der Waals surface area contributed by atoms with Gasteiger partial charge in [-0.2, -0.15) is 0 Å². The highest BCUT2D eigenvalue weighted by Gasteiger charge is 2.31. The monoisotopic (exact) mass is 550 g/mol. The summed E-state index contributed by atoms with van der Waals surface area (Å²) in [7, 11) is 1.79. The number of nitrogens with zero attached hydrogens (tertiary/aromatic N) is 4. The fourth-order valence-corrected chi connectivity index (χ4v) is 6.47. The summed E-state index contributed by atoms with van der Waals surface area (Å²) < 4.78 is 2.67. The number of nitrogens with one attached hydrogen (secondary N) is 1. The van der Waals surface area contributed by atoms with E-state index in [1.165, 1.54) is 53.4 Å². The first-order valence-corrected chi connectivity index (χ1v) is 15.3. The molecule has 1 saturated carbocycles. The number of para-hydroxylation sites is 1. The molecule has 2 heterocycles. The number of aromatic nitrogens is 1. The quantitative estimate of drug-likeness (QED) is 0.232. The van der Waals surface area contributed by atoms with Crippen molar-refractivity contribution in [2.24, 2.45) is 15.7 Å². The molecular weight excluding hydrogens is 504 g/mol. The Kier molecular flexibility index (Phi) is 9.09. The second-order valence-electron chi connectivity index (χ2n) is 11.5. The van der Waals surface area contributed by atoms with Crippen molar-refractivity contribution in [3.8, 4) is 0 Å². The van der Waals surface area contributed by atoms with E-state index < -0.39 is 0 Å². The molecule has 0 unspecified atom stereocenters. The van der Waals surface area contributed by atoms with Crippen LogP contribution in [0.1, 0.15) is 80.3 Å². The van der Waals surface area contributed by atoms with E-state index >= 15 is 0 Å². The van der Waals surface area contributed by atoms with E-state index in [0.717, 1.165) is 60.6 Å². The fourth-order valence-electron chi connectivity index (χ4n) is 6.47. The Hall–Kier alpha value is -3.64. The van der Waals surface area contributed by atoms with Crippen molar-refractivity contribution < 1.29 is 0 Å². The zero-order valence-corrected chi connectivity index (χ0v) is 25.1. The van der Waals surface area contributed by atoms with Gasteiger partial charge in [0, 0.05) is 48.7 Å². The number of benzene rings is 2. The predicted octanol–water partition coefficient (Wildman–Crippen LogP) is 7.31. The van der Waals surface area contributed by atoms with Crippen molar-refractivity contribution in [2.75, 3.05) is 31.6 Å². The Labute approximate surface area is 245 Å². The molecule has 2 aliphatic rings. The maximum absolute atomic E-state index is 6.12. The summed E-state index contributed by atoms with van der Waals surface area (Å²) in [4.78, 5) is 11.3. The highest BCUT2D eigenvalue weighted by Crippen LogP contribution is 2.44. The second kappa shape index (κ2) is 12.9. The van der Waals surface area contributed by atoms with Crippen molar-refractivity contribution in [3.63, 3.8) is 0 Å². The van der Waals surface area contributed by atoms with Gasteiger partial charge >= 0.3 is 0 Å². The molecule has 0 atom stereocenters. The number of aliphatic imine (C=N–C) groups is 2. The lowest BCUT2D eigenvalue weighted by molar-refractivity contribution is 0.461. The molecule has 0 spiro atoms. The molecule has 2 aromatic carbocycles. The van der Waals surface area contributed by atoms with Gasteiger partial charge in [0.1, 0.15) is 0 Å². The second-order valence-corrected chi connectivity index (χ2v) is 11.5. The van der Waals surface area contributed by atoms with Crippen molar-refractivity contribution in [3.05, 3.63) is 77.1 Å². The first-order chi connectivity index (χ1) is 20.0. The standard InChI is InChI=1S/C35H46N6/c1-6-24(3)29-17-26(7-2)35(33(19-29)38-5)40(22-25(20-36)21-37-4)23-31-18-28-9-8-10-32(27-13-15-39-16-14-27)34(28)41(31)30-11-12-30/h8-10,17-21,27,30,39H,3,5-7,11-16,22-23,36H2,1-2,4H3. The number of anilines is 1. The molecule has 2 fully saturated rings. The summed E-state index contributed by atoms with van der Waals surface area (Å²) in [6, 6.07) is 14.3. The molecule has 6 nitrogen and oxygen atoms in total. The molecule has 0 radical (unpaired) electrons. The van der Waals surface area contributed by atoms with Gasteiger partial charge in [-0.25, -0.2) is 0 Å². The third-order valence-corrected chi connectivity index (χ3v) is 8.77. The van der Waals surface area contributed by atoms with E-state index in [1.807, 2.05) is 6.21 Å². The van der Waals surface area contributed by atoms with Crippen LogP contribution in [0.15, 0.2) is 64.7 Å². The van der Waals surface area contributed by atoms with Gasteiger partial charge in [-0.05, 0) is 105 Å². The average Bonchev–Trinajstić information content (AvgIpc) is 3.79. The van der Waals surface area contributed by atoms with Crippen LogP contribution in [0.5, 0.6) is 0 Å². The topological polar surface area (TPSA) is 70.9 Å². The lowest BCUT2D eigenvalue weighted by Crippen LogP contribution is -2.29. The van der Waals surface area contributed by atoms with Gasteiger partial charge in [0.05, 0.1) is 23.4 Å². The zero-order chi connectivity index (χ0) is 28.9. The largest absolute Gasteiger partial charge is 0.404 e. The minimum atomic E-state index is 0.562. The number of hydrogen-bond donors (Lipinski definition) is 2. The van der Waals surface area contributed by atoms with Crippen LogP contribution in [0.3, 0.4) is 0 Å². The smallest absolute Gasteiger partial charge is 0.0864 e. The Morgan fingerprint density at radius 1 is 1.15 bits per heavy atom. The Morgan fingerprint density at radius 3 is 2.56 bits per heavy atom. The molecule has 1 aromatic heterocycles. The lowest BCUT2D eigenvalue weighted by Gasteiger charge is -2.30. The molecule has 216 valence electrons. The lowest BCUT2D eigenvalue weighted by atomic mass is 9.89. The maximum atomic E-state index is 6.12. The van der Waals surface area contributed by atoms with E-state index in [0.29, 0.717) is 18.5 Å². The van der Waals surface area contributed by atoms with Crippen LogP contribution in [0.4, 0.5) is 11.4 Å². The third kappa shape index (κ3) is 6.03. The molecular formula is C35H46N6. The van der Waals surface area contributed by atoms with Crippen molar-refractivity contribution in [1.82, 2.24) is 9.88 Å². The Morgan fingerprint density at radius 2 is 1.93 bits per heavy atom. The first-order valence-electron chi connectivity index (χ1n) is 15.3. The highest BCUT2D eigenvalue weighted by molar-refractivity contribution is 5.86. The van der Waals surface area contributed by atoms with E-state index in [4.69, 9.17) is 5.73 Å². The molecule has 3 N–H and O–H groups in total. The number of piperidine rings is 1. The molecule has 6 heteroatoms. The van der Waals surface area contributed by atoms with Gasteiger partial charge in [0.25, 0.3) is 0 Å². The zero-order valence-electron chi connectivity index (χ0n) is 25.1. The summed E-state index contributed by atoms with van der Waals surface area (Å²) in [6.07, 6.45) is 10.2. The summed E-state index contributed by atoms with van der Waals surface area (Å²) in [5, 5.41) is 4.89.